The lowest BCUT2D eigenvalue weighted by atomic mass is 10.1. The minimum absolute atomic E-state index is 0.0148. The van der Waals surface area contributed by atoms with Gasteiger partial charge in [-0.2, -0.15) is 0 Å². The van der Waals surface area contributed by atoms with Crippen LogP contribution in [0.2, 0.25) is 5.02 Å². The maximum atomic E-state index is 13.0. The molecule has 1 saturated heterocycles. The fourth-order valence-corrected chi connectivity index (χ4v) is 4.79. The van der Waals surface area contributed by atoms with Gasteiger partial charge in [0.05, 0.1) is 24.8 Å². The number of methoxy groups -OCH3 is 1. The average molecular weight is 490 g/mol. The molecule has 1 aliphatic heterocycles. The molecule has 0 radical (unpaired) electrons. The first-order chi connectivity index (χ1) is 17.0. The normalized spacial score (nSPS) is 15.7. The third-order valence-corrected chi connectivity index (χ3v) is 6.89. The predicted molar refractivity (Wildman–Crippen MR) is 139 cm³/mol. The van der Waals surface area contributed by atoms with E-state index in [4.69, 9.17) is 26.1 Å². The lowest BCUT2D eigenvalue weighted by molar-refractivity contribution is -0.117. The second-order valence-electron chi connectivity index (χ2n) is 8.83. The average Bonchev–Trinajstić information content (AvgIpc) is 3.44. The first-order valence-corrected chi connectivity index (χ1v) is 12.2. The maximum Gasteiger partial charge on any atom is 0.227 e. The fraction of sp³-hybridized carbons (Fsp3) is 0.286. The van der Waals surface area contributed by atoms with Gasteiger partial charge in [-0.25, -0.2) is 4.98 Å². The van der Waals surface area contributed by atoms with E-state index in [0.717, 1.165) is 57.6 Å². The highest BCUT2D eigenvalue weighted by molar-refractivity contribution is 6.31. The molecule has 7 heteroatoms. The van der Waals surface area contributed by atoms with Crippen LogP contribution in [-0.2, 0) is 11.3 Å². The van der Waals surface area contributed by atoms with Crippen LogP contribution in [0.15, 0.2) is 66.7 Å². The largest absolute Gasteiger partial charge is 0.497 e. The molecule has 0 spiro atoms. The summed E-state index contributed by atoms with van der Waals surface area (Å²) in [4.78, 5) is 19.8. The molecule has 0 bridgehead atoms. The molecule has 1 unspecified atom stereocenters. The molecule has 5 rings (SSSR count). The second-order valence-corrected chi connectivity index (χ2v) is 9.24. The van der Waals surface area contributed by atoms with Crippen molar-refractivity contribution in [3.63, 3.8) is 0 Å². The molecule has 3 aromatic carbocycles. The molecule has 4 aromatic rings. The van der Waals surface area contributed by atoms with E-state index in [1.807, 2.05) is 72.5 Å². The van der Waals surface area contributed by atoms with Gasteiger partial charge in [0.2, 0.25) is 5.91 Å². The van der Waals surface area contributed by atoms with E-state index in [1.165, 1.54) is 0 Å². The minimum atomic E-state index is 0.0148. The third-order valence-electron chi connectivity index (χ3n) is 6.46. The molecule has 2 heterocycles. The number of aromatic nitrogens is 2. The zero-order valence-electron chi connectivity index (χ0n) is 19.9. The Hall–Kier alpha value is -3.51. The number of hydrogen-bond acceptors (Lipinski definition) is 4. The number of ether oxygens (including phenoxy) is 2. The molecule has 35 heavy (non-hydrogen) atoms. The summed E-state index contributed by atoms with van der Waals surface area (Å²) >= 11 is 6.12. The second kappa shape index (κ2) is 10.0. The Balaban J connectivity index is 1.34. The summed E-state index contributed by atoms with van der Waals surface area (Å²) in [6, 6.07) is 21.5. The number of carbonyl (C=O) groups excluding carboxylic acids is 1. The van der Waals surface area contributed by atoms with Crippen molar-refractivity contribution in [2.75, 3.05) is 25.2 Å². The molecule has 0 N–H and O–H groups in total. The fourth-order valence-electron chi connectivity index (χ4n) is 4.67. The van der Waals surface area contributed by atoms with Crippen LogP contribution in [0.5, 0.6) is 11.5 Å². The van der Waals surface area contributed by atoms with Crippen molar-refractivity contribution in [1.82, 2.24) is 9.55 Å². The standard InChI is InChI=1S/C28H28ClN3O3/c1-19-15-23(11-12-24(19)29)35-14-6-13-31-26-10-4-3-9-25(26)30-28(31)20-16-27(33)32(18-20)21-7-5-8-22(17-21)34-2/h3-5,7-12,15,17,20H,6,13-14,16,18H2,1-2H3. The van der Waals surface area contributed by atoms with Crippen molar-refractivity contribution in [2.24, 2.45) is 0 Å². The zero-order chi connectivity index (χ0) is 24.4. The van der Waals surface area contributed by atoms with E-state index in [1.54, 1.807) is 7.11 Å². The summed E-state index contributed by atoms with van der Waals surface area (Å²) in [5.74, 6) is 2.62. The van der Waals surface area contributed by atoms with Crippen molar-refractivity contribution in [3.05, 3.63) is 83.1 Å². The first-order valence-electron chi connectivity index (χ1n) is 11.8. The molecule has 1 aliphatic rings. The number of benzene rings is 3. The summed E-state index contributed by atoms with van der Waals surface area (Å²) in [6.45, 7) is 3.89. The van der Waals surface area contributed by atoms with Crippen LogP contribution in [0.3, 0.4) is 0 Å². The van der Waals surface area contributed by atoms with Crippen molar-refractivity contribution in [2.45, 2.75) is 32.2 Å². The third kappa shape index (κ3) is 4.84. The summed E-state index contributed by atoms with van der Waals surface area (Å²) < 4.78 is 13.6. The van der Waals surface area contributed by atoms with Gasteiger partial charge < -0.3 is 18.9 Å². The zero-order valence-corrected chi connectivity index (χ0v) is 20.7. The van der Waals surface area contributed by atoms with Crippen molar-refractivity contribution in [1.29, 1.82) is 0 Å². The van der Waals surface area contributed by atoms with Crippen LogP contribution in [0.4, 0.5) is 5.69 Å². The number of fused-ring (bicyclic) bond motifs is 1. The van der Waals surface area contributed by atoms with E-state index in [2.05, 4.69) is 10.6 Å². The number of aryl methyl sites for hydroxylation is 2. The molecule has 1 atom stereocenters. The topological polar surface area (TPSA) is 56.6 Å². The first kappa shape index (κ1) is 23.2. The van der Waals surface area contributed by atoms with Crippen LogP contribution in [0, 0.1) is 6.92 Å². The maximum absolute atomic E-state index is 13.0. The lowest BCUT2D eigenvalue weighted by Gasteiger charge is -2.18. The van der Waals surface area contributed by atoms with Gasteiger partial charge in [0.25, 0.3) is 0 Å². The van der Waals surface area contributed by atoms with Gasteiger partial charge in [-0.1, -0.05) is 29.8 Å². The number of nitrogens with zero attached hydrogens (tertiary/aromatic N) is 3. The van der Waals surface area contributed by atoms with Gasteiger partial charge in [0.1, 0.15) is 17.3 Å². The Morgan fingerprint density at radius 2 is 1.91 bits per heavy atom. The molecule has 180 valence electrons. The minimum Gasteiger partial charge on any atom is -0.497 e. The van der Waals surface area contributed by atoms with Crippen LogP contribution in [0.1, 0.15) is 30.1 Å². The number of hydrogen-bond donors (Lipinski definition) is 0. The lowest BCUT2D eigenvalue weighted by Crippen LogP contribution is -2.24. The van der Waals surface area contributed by atoms with E-state index >= 15 is 0 Å². The number of amides is 1. The monoisotopic (exact) mass is 489 g/mol. The van der Waals surface area contributed by atoms with E-state index < -0.39 is 0 Å². The number of carbonyl (C=O) groups is 1. The van der Waals surface area contributed by atoms with Crippen LogP contribution in [0.25, 0.3) is 11.0 Å². The van der Waals surface area contributed by atoms with E-state index in [9.17, 15) is 4.79 Å². The van der Waals surface area contributed by atoms with Crippen molar-refractivity contribution >= 4 is 34.2 Å². The summed E-state index contributed by atoms with van der Waals surface area (Å²) in [5, 5.41) is 0.737. The van der Waals surface area contributed by atoms with Crippen molar-refractivity contribution in [3.8, 4) is 11.5 Å². The summed E-state index contributed by atoms with van der Waals surface area (Å²) in [7, 11) is 1.63. The van der Waals surface area contributed by atoms with E-state index in [0.29, 0.717) is 19.6 Å². The molecule has 0 aliphatic carbocycles. The van der Waals surface area contributed by atoms with Gasteiger partial charge in [-0.3, -0.25) is 4.79 Å². The molecule has 6 nitrogen and oxygen atoms in total. The summed E-state index contributed by atoms with van der Waals surface area (Å²) in [5.41, 5.74) is 3.88. The Labute approximate surface area is 210 Å². The molecule has 1 fully saturated rings. The van der Waals surface area contributed by atoms with Crippen LogP contribution >= 0.6 is 11.6 Å². The predicted octanol–water partition coefficient (Wildman–Crippen LogP) is 6.00. The quantitative estimate of drug-likeness (QED) is 0.285. The highest BCUT2D eigenvalue weighted by Crippen LogP contribution is 2.34. The Morgan fingerprint density at radius 3 is 2.74 bits per heavy atom. The molecule has 1 aromatic heterocycles. The number of anilines is 1. The van der Waals surface area contributed by atoms with Gasteiger partial charge in [0.15, 0.2) is 0 Å². The molecule has 1 amide bonds. The van der Waals surface area contributed by atoms with Gasteiger partial charge in [-0.15, -0.1) is 0 Å². The number of imidazole rings is 1. The van der Waals surface area contributed by atoms with E-state index in [-0.39, 0.29) is 11.8 Å². The van der Waals surface area contributed by atoms with Crippen LogP contribution in [-0.4, -0.2) is 35.7 Å². The highest BCUT2D eigenvalue weighted by Gasteiger charge is 2.35. The SMILES string of the molecule is COc1cccc(N2CC(c3nc4ccccc4n3CCCOc3ccc(Cl)c(C)c3)CC2=O)c1. The smallest absolute Gasteiger partial charge is 0.227 e. The molecular formula is C28H28ClN3O3. The number of rotatable bonds is 8. The molecular weight excluding hydrogens is 462 g/mol. The Kier molecular flexibility index (Phi) is 6.64. The number of para-hydroxylation sites is 2. The van der Waals surface area contributed by atoms with Crippen LogP contribution < -0.4 is 14.4 Å². The number of halogens is 1. The van der Waals surface area contributed by atoms with Gasteiger partial charge in [-0.05, 0) is 61.4 Å². The highest BCUT2D eigenvalue weighted by atomic mass is 35.5. The summed E-state index contributed by atoms with van der Waals surface area (Å²) in [6.07, 6.45) is 1.25. The van der Waals surface area contributed by atoms with Gasteiger partial charge >= 0.3 is 0 Å². The Morgan fingerprint density at radius 1 is 1.06 bits per heavy atom. The van der Waals surface area contributed by atoms with Crippen molar-refractivity contribution < 1.29 is 14.3 Å². The Bertz CT molecular complexity index is 1370. The van der Waals surface area contributed by atoms with Gasteiger partial charge in [0, 0.05) is 42.2 Å². The molecule has 0 saturated carbocycles.